The Morgan fingerprint density at radius 1 is 0.821 bits per heavy atom. The van der Waals surface area contributed by atoms with Crippen LogP contribution in [0.25, 0.3) is 0 Å². The lowest BCUT2D eigenvalue weighted by molar-refractivity contribution is -0.145. The van der Waals surface area contributed by atoms with Gasteiger partial charge < -0.3 is 15.1 Å². The quantitative estimate of drug-likeness (QED) is 0.414. The molecule has 5 rings (SSSR count). The molecule has 3 aromatic carbocycles. The average Bonchev–Trinajstić information content (AvgIpc) is 3.63. The number of hydrazine groups is 1. The van der Waals surface area contributed by atoms with E-state index >= 15 is 0 Å². The fraction of sp³-hybridized carbons (Fsp3) is 0.375. The first-order chi connectivity index (χ1) is 19.1. The largest absolute Gasteiger partial charge is 0.353 e. The Hall–Kier alpha value is -3.68. The Balaban J connectivity index is 1.30. The number of likely N-dealkylation sites (N-methyl/N-ethyl adjacent to an activating group) is 1. The number of rotatable bonds is 11. The van der Waals surface area contributed by atoms with E-state index in [0.717, 1.165) is 37.3 Å². The third-order valence-electron chi connectivity index (χ3n) is 7.79. The van der Waals surface area contributed by atoms with Gasteiger partial charge in [-0.2, -0.15) is 0 Å². The highest BCUT2D eigenvalue weighted by molar-refractivity contribution is 5.86. The van der Waals surface area contributed by atoms with Crippen molar-refractivity contribution >= 4 is 17.5 Å². The van der Waals surface area contributed by atoms with Crippen LogP contribution in [0.3, 0.4) is 0 Å². The fourth-order valence-electron chi connectivity index (χ4n) is 5.55. The Labute approximate surface area is 232 Å². The predicted molar refractivity (Wildman–Crippen MR) is 155 cm³/mol. The van der Waals surface area contributed by atoms with Crippen LogP contribution < -0.4 is 10.2 Å². The number of nitrogens with zero attached hydrogens (tertiary/aromatic N) is 4. The molecule has 0 atom stereocenters. The van der Waals surface area contributed by atoms with Crippen molar-refractivity contribution in [3.63, 3.8) is 0 Å². The molecule has 204 valence electrons. The Morgan fingerprint density at radius 2 is 1.46 bits per heavy atom. The topological polar surface area (TPSA) is 59.1 Å². The SMILES string of the molecule is CN(C(=O)CN(CC(=O)NCCN1CCCC1)c1ccccc1Cc1ccccc1)N1Cc2ccccc2C1. The van der Waals surface area contributed by atoms with Gasteiger partial charge in [0.25, 0.3) is 5.91 Å². The maximum absolute atomic E-state index is 13.6. The van der Waals surface area contributed by atoms with Gasteiger partial charge in [0.15, 0.2) is 0 Å². The second-order valence-electron chi connectivity index (χ2n) is 10.6. The van der Waals surface area contributed by atoms with Crippen molar-refractivity contribution in [1.82, 2.24) is 20.2 Å². The monoisotopic (exact) mass is 525 g/mol. The number of carbonyl (C=O) groups is 2. The highest BCUT2D eigenvalue weighted by Crippen LogP contribution is 2.26. The Bertz CT molecular complexity index is 1230. The maximum atomic E-state index is 13.6. The van der Waals surface area contributed by atoms with E-state index in [-0.39, 0.29) is 24.9 Å². The molecule has 0 radical (unpaired) electrons. The molecule has 1 fully saturated rings. The van der Waals surface area contributed by atoms with Crippen LogP contribution in [0.15, 0.2) is 78.9 Å². The average molecular weight is 526 g/mol. The van der Waals surface area contributed by atoms with Gasteiger partial charge in [0.2, 0.25) is 5.91 Å². The zero-order valence-corrected chi connectivity index (χ0v) is 22.9. The summed E-state index contributed by atoms with van der Waals surface area (Å²) in [6.45, 7) is 5.37. The molecule has 2 heterocycles. The second-order valence-corrected chi connectivity index (χ2v) is 10.6. The van der Waals surface area contributed by atoms with Crippen LogP contribution in [0.5, 0.6) is 0 Å². The summed E-state index contributed by atoms with van der Waals surface area (Å²) >= 11 is 0. The molecule has 0 saturated carbocycles. The number of nitrogens with one attached hydrogen (secondary N) is 1. The minimum absolute atomic E-state index is 0.0396. The van der Waals surface area contributed by atoms with E-state index < -0.39 is 0 Å². The predicted octanol–water partition coefficient (Wildman–Crippen LogP) is 3.69. The molecule has 0 aromatic heterocycles. The van der Waals surface area contributed by atoms with E-state index in [1.807, 2.05) is 60.5 Å². The first-order valence-electron chi connectivity index (χ1n) is 14.0. The van der Waals surface area contributed by atoms with Gasteiger partial charge in [-0.05, 0) is 60.7 Å². The van der Waals surface area contributed by atoms with Crippen molar-refractivity contribution in [1.29, 1.82) is 0 Å². The molecule has 0 aliphatic carbocycles. The van der Waals surface area contributed by atoms with E-state index in [2.05, 4.69) is 45.6 Å². The summed E-state index contributed by atoms with van der Waals surface area (Å²) in [6.07, 6.45) is 3.20. The normalized spacial score (nSPS) is 15.2. The van der Waals surface area contributed by atoms with E-state index in [1.54, 1.807) is 5.01 Å². The molecular weight excluding hydrogens is 486 g/mol. The number of benzene rings is 3. The van der Waals surface area contributed by atoms with Crippen molar-refractivity contribution in [2.24, 2.45) is 0 Å². The van der Waals surface area contributed by atoms with E-state index in [1.165, 1.54) is 29.5 Å². The van der Waals surface area contributed by atoms with Gasteiger partial charge in [-0.1, -0.05) is 72.8 Å². The van der Waals surface area contributed by atoms with Crippen molar-refractivity contribution in [3.8, 4) is 0 Å². The van der Waals surface area contributed by atoms with Crippen molar-refractivity contribution < 1.29 is 9.59 Å². The number of hydrogen-bond donors (Lipinski definition) is 1. The number of para-hydroxylation sites is 1. The lowest BCUT2D eigenvalue weighted by Crippen LogP contribution is -2.48. The number of amides is 2. The summed E-state index contributed by atoms with van der Waals surface area (Å²) in [5.41, 5.74) is 5.71. The molecule has 3 aromatic rings. The summed E-state index contributed by atoms with van der Waals surface area (Å²) < 4.78 is 0. The van der Waals surface area contributed by atoms with Crippen molar-refractivity contribution in [2.45, 2.75) is 32.4 Å². The van der Waals surface area contributed by atoms with Gasteiger partial charge in [0.1, 0.15) is 0 Å². The second kappa shape index (κ2) is 12.9. The Morgan fingerprint density at radius 3 is 2.18 bits per heavy atom. The van der Waals surface area contributed by atoms with Gasteiger partial charge in [-0.25, -0.2) is 5.01 Å². The summed E-state index contributed by atoms with van der Waals surface area (Å²) in [6, 6.07) is 26.7. The molecule has 1 N–H and O–H groups in total. The van der Waals surface area contributed by atoms with Crippen LogP contribution in [-0.2, 0) is 29.1 Å². The van der Waals surface area contributed by atoms with Crippen molar-refractivity contribution in [2.75, 3.05) is 51.2 Å². The molecular formula is C32H39N5O2. The molecule has 0 bridgehead atoms. The van der Waals surface area contributed by atoms with Crippen LogP contribution in [0.4, 0.5) is 5.69 Å². The zero-order chi connectivity index (χ0) is 27.0. The van der Waals surface area contributed by atoms with E-state index in [9.17, 15) is 9.59 Å². The highest BCUT2D eigenvalue weighted by atomic mass is 16.2. The third-order valence-corrected chi connectivity index (χ3v) is 7.79. The lowest BCUT2D eigenvalue weighted by atomic mass is 10.0. The minimum Gasteiger partial charge on any atom is -0.353 e. The van der Waals surface area contributed by atoms with Gasteiger partial charge in [0.05, 0.1) is 13.1 Å². The number of hydrogen-bond acceptors (Lipinski definition) is 5. The minimum atomic E-state index is -0.0623. The number of likely N-dealkylation sites (tertiary alicyclic amines) is 1. The summed E-state index contributed by atoms with van der Waals surface area (Å²) in [4.78, 5) is 31.1. The van der Waals surface area contributed by atoms with Crippen LogP contribution in [0.2, 0.25) is 0 Å². The molecule has 2 aliphatic heterocycles. The van der Waals surface area contributed by atoms with Crippen LogP contribution in [-0.4, -0.2) is 73.0 Å². The standard InChI is InChI=1S/C32H39N5O2/c1-34(37-22-28-14-5-6-15-29(28)23-37)32(39)25-36(24-31(38)33-17-20-35-18-9-10-19-35)30-16-8-7-13-27(30)21-26-11-3-2-4-12-26/h2-8,11-16H,9-10,17-25H2,1H3,(H,33,38). The lowest BCUT2D eigenvalue weighted by Gasteiger charge is -2.32. The molecule has 1 saturated heterocycles. The van der Waals surface area contributed by atoms with Crippen LogP contribution in [0, 0.1) is 0 Å². The van der Waals surface area contributed by atoms with E-state index in [4.69, 9.17) is 0 Å². The summed E-state index contributed by atoms with van der Waals surface area (Å²) in [5, 5.41) is 6.88. The highest BCUT2D eigenvalue weighted by Gasteiger charge is 2.27. The third kappa shape index (κ3) is 7.05. The smallest absolute Gasteiger partial charge is 0.256 e. The number of carbonyl (C=O) groups excluding carboxylic acids is 2. The van der Waals surface area contributed by atoms with Gasteiger partial charge in [0, 0.05) is 38.9 Å². The Kier molecular flexibility index (Phi) is 8.91. The van der Waals surface area contributed by atoms with E-state index in [0.29, 0.717) is 19.6 Å². The first-order valence-corrected chi connectivity index (χ1v) is 14.0. The van der Waals surface area contributed by atoms with Crippen LogP contribution in [0.1, 0.15) is 35.1 Å². The molecule has 7 heteroatoms. The zero-order valence-electron chi connectivity index (χ0n) is 22.9. The fourth-order valence-corrected chi connectivity index (χ4v) is 5.55. The molecule has 2 amide bonds. The first kappa shape index (κ1) is 26.9. The van der Waals surface area contributed by atoms with Gasteiger partial charge >= 0.3 is 0 Å². The summed E-state index contributed by atoms with van der Waals surface area (Å²) in [7, 11) is 1.83. The molecule has 39 heavy (non-hydrogen) atoms. The summed E-state index contributed by atoms with van der Waals surface area (Å²) in [5.74, 6) is -0.102. The number of fused-ring (bicyclic) bond motifs is 1. The van der Waals surface area contributed by atoms with Gasteiger partial charge in [-0.15, -0.1) is 0 Å². The molecule has 7 nitrogen and oxygen atoms in total. The molecule has 0 unspecified atom stereocenters. The molecule has 2 aliphatic rings. The van der Waals surface area contributed by atoms with Crippen molar-refractivity contribution in [3.05, 3.63) is 101 Å². The van der Waals surface area contributed by atoms with Gasteiger partial charge in [-0.3, -0.25) is 14.6 Å². The molecule has 0 spiro atoms. The maximum Gasteiger partial charge on any atom is 0.256 e. The van der Waals surface area contributed by atoms with Crippen LogP contribution >= 0.6 is 0 Å². The number of anilines is 1.